The molecular weight excluding hydrogens is 274 g/mol. The van der Waals surface area contributed by atoms with E-state index in [0.717, 1.165) is 0 Å². The van der Waals surface area contributed by atoms with Gasteiger partial charge in [-0.05, 0) is 6.92 Å². The molecule has 3 fully saturated rings. The Kier molecular flexibility index (Phi) is 2.36. The van der Waals surface area contributed by atoms with Crippen molar-refractivity contribution in [3.63, 3.8) is 0 Å². The van der Waals surface area contributed by atoms with E-state index in [9.17, 15) is 13.2 Å². The lowest BCUT2D eigenvalue weighted by Crippen LogP contribution is -2.48. The summed E-state index contributed by atoms with van der Waals surface area (Å²) in [6.07, 6.45) is -3.31. The Labute approximate surface area is 109 Å². The maximum Gasteiger partial charge on any atom is 0.333 e. The van der Waals surface area contributed by atoms with Gasteiger partial charge in [0, 0.05) is 12.0 Å². The maximum absolute atomic E-state index is 11.9. The lowest BCUT2D eigenvalue weighted by Gasteiger charge is -2.24. The van der Waals surface area contributed by atoms with E-state index in [1.165, 1.54) is 6.92 Å². The summed E-state index contributed by atoms with van der Waals surface area (Å²) >= 11 is 0. The highest BCUT2D eigenvalue weighted by molar-refractivity contribution is 7.88. The van der Waals surface area contributed by atoms with Crippen LogP contribution >= 0.6 is 0 Å². The Hall–Kier alpha value is -1.43. The highest BCUT2D eigenvalue weighted by Crippen LogP contribution is 2.54. The average Bonchev–Trinajstić information content (AvgIpc) is 2.89. The molecule has 0 N–H and O–H groups in total. The Morgan fingerprint density at radius 3 is 2.84 bits per heavy atom. The summed E-state index contributed by atoms with van der Waals surface area (Å²) in [6, 6.07) is 1.79. The zero-order valence-electron chi connectivity index (χ0n) is 10.0. The molecule has 3 aliphatic heterocycles. The van der Waals surface area contributed by atoms with Gasteiger partial charge in [-0.3, -0.25) is 4.18 Å². The van der Waals surface area contributed by atoms with Gasteiger partial charge in [0.2, 0.25) is 4.75 Å². The first-order chi connectivity index (χ1) is 8.82. The third-order valence-corrected chi connectivity index (χ3v) is 5.60. The number of rotatable bonds is 2. The molecule has 0 aromatic rings. The Morgan fingerprint density at radius 1 is 1.58 bits per heavy atom. The van der Waals surface area contributed by atoms with E-state index in [1.54, 1.807) is 6.07 Å². The van der Waals surface area contributed by atoms with Crippen molar-refractivity contribution in [1.82, 2.24) is 0 Å². The van der Waals surface area contributed by atoms with E-state index < -0.39 is 45.3 Å². The summed E-state index contributed by atoms with van der Waals surface area (Å²) < 4.78 is 37.7. The monoisotopic (exact) mass is 285 g/mol. The van der Waals surface area contributed by atoms with Crippen LogP contribution in [-0.2, 0) is 28.6 Å². The Morgan fingerprint density at radius 2 is 2.26 bits per heavy atom. The molecule has 5 unspecified atom stereocenters. The molecule has 3 saturated heterocycles. The molecule has 3 heterocycles. The first kappa shape index (κ1) is 12.6. The quantitative estimate of drug-likeness (QED) is 0.387. The molecule has 3 aliphatic rings. The third-order valence-electron chi connectivity index (χ3n) is 3.74. The zero-order chi connectivity index (χ0) is 14.0. The first-order valence-corrected chi connectivity index (χ1v) is 7.09. The molecule has 2 bridgehead atoms. The highest BCUT2D eigenvalue weighted by Gasteiger charge is 2.76. The molecule has 0 aromatic heterocycles. The van der Waals surface area contributed by atoms with Crippen molar-refractivity contribution in [3.05, 3.63) is 12.2 Å². The Bertz CT molecular complexity index is 620. The molecule has 8 heteroatoms. The van der Waals surface area contributed by atoms with Crippen LogP contribution in [0.1, 0.15) is 13.3 Å². The molecule has 0 spiro atoms. The minimum Gasteiger partial charge on any atom is -0.453 e. The fraction of sp³-hybridized carbons (Fsp3) is 0.636. The van der Waals surface area contributed by atoms with Crippen molar-refractivity contribution in [3.8, 4) is 6.07 Å². The first-order valence-electron chi connectivity index (χ1n) is 5.68. The number of nitrogens with zero attached hydrogens (tertiary/aromatic N) is 1. The lowest BCUT2D eigenvalue weighted by molar-refractivity contribution is -0.149. The second-order valence-electron chi connectivity index (χ2n) is 4.97. The summed E-state index contributed by atoms with van der Waals surface area (Å²) in [5.41, 5.74) is 0.204. The third kappa shape index (κ3) is 1.38. The van der Waals surface area contributed by atoms with Crippen LogP contribution in [0.5, 0.6) is 0 Å². The van der Waals surface area contributed by atoms with Gasteiger partial charge in [-0.2, -0.15) is 13.7 Å². The van der Waals surface area contributed by atoms with Crippen LogP contribution in [-0.4, -0.2) is 43.5 Å². The summed E-state index contributed by atoms with van der Waals surface area (Å²) in [6.45, 7) is 4.94. The number of nitriles is 1. The molecule has 0 aliphatic carbocycles. The molecule has 0 saturated carbocycles. The predicted octanol–water partition coefficient (Wildman–Crippen LogP) is -0.364. The fourth-order valence-corrected chi connectivity index (χ4v) is 4.42. The normalized spacial score (nSPS) is 44.8. The molecule has 5 atom stereocenters. The van der Waals surface area contributed by atoms with Gasteiger partial charge in [-0.15, -0.1) is 0 Å². The maximum atomic E-state index is 11.9. The molecule has 7 nitrogen and oxygen atoms in total. The number of ether oxygens (including phenoxy) is 2. The number of carbonyl (C=O) groups is 1. The van der Waals surface area contributed by atoms with Gasteiger partial charge >= 0.3 is 5.97 Å². The number of hydrogen-bond acceptors (Lipinski definition) is 7. The smallest absolute Gasteiger partial charge is 0.333 e. The topological polar surface area (TPSA) is 103 Å². The van der Waals surface area contributed by atoms with Crippen LogP contribution in [0.25, 0.3) is 0 Å². The van der Waals surface area contributed by atoms with E-state index in [4.69, 9.17) is 18.9 Å². The molecule has 0 radical (unpaired) electrons. The summed E-state index contributed by atoms with van der Waals surface area (Å²) in [4.78, 5) is 11.5. The van der Waals surface area contributed by atoms with Crippen LogP contribution in [0.2, 0.25) is 0 Å². The lowest BCUT2D eigenvalue weighted by atomic mass is 9.85. The fourth-order valence-electron chi connectivity index (χ4n) is 2.80. The van der Waals surface area contributed by atoms with E-state index in [2.05, 4.69) is 6.58 Å². The number of hydrogen-bond donors (Lipinski definition) is 0. The van der Waals surface area contributed by atoms with Crippen LogP contribution in [0.3, 0.4) is 0 Å². The van der Waals surface area contributed by atoms with Crippen molar-refractivity contribution in [2.45, 2.75) is 42.5 Å². The molecular formula is C11H11NO6S. The van der Waals surface area contributed by atoms with Crippen molar-refractivity contribution in [1.29, 1.82) is 5.26 Å². The second-order valence-corrected chi connectivity index (χ2v) is 6.79. The summed E-state index contributed by atoms with van der Waals surface area (Å²) in [5, 5.41) is 9.15. The van der Waals surface area contributed by atoms with E-state index in [1.807, 2.05) is 0 Å². The molecule has 0 amide bonds. The zero-order valence-corrected chi connectivity index (χ0v) is 10.8. The number of fused-ring (bicyclic) bond motifs is 1. The van der Waals surface area contributed by atoms with Crippen molar-refractivity contribution < 1.29 is 26.9 Å². The predicted molar refractivity (Wildman–Crippen MR) is 60.1 cm³/mol. The van der Waals surface area contributed by atoms with Gasteiger partial charge < -0.3 is 9.47 Å². The largest absolute Gasteiger partial charge is 0.453 e. The van der Waals surface area contributed by atoms with Gasteiger partial charge in [-0.25, -0.2) is 4.79 Å². The van der Waals surface area contributed by atoms with Gasteiger partial charge in [0.25, 0.3) is 10.1 Å². The van der Waals surface area contributed by atoms with Crippen LogP contribution in [0.4, 0.5) is 0 Å². The van der Waals surface area contributed by atoms with Gasteiger partial charge in [0.15, 0.2) is 6.10 Å². The van der Waals surface area contributed by atoms with Crippen LogP contribution in [0, 0.1) is 11.3 Å². The van der Waals surface area contributed by atoms with E-state index >= 15 is 0 Å². The second kappa shape index (κ2) is 3.56. The molecule has 3 rings (SSSR count). The molecule has 102 valence electrons. The van der Waals surface area contributed by atoms with Crippen LogP contribution in [0.15, 0.2) is 12.2 Å². The van der Waals surface area contributed by atoms with E-state index in [-0.39, 0.29) is 12.0 Å². The van der Waals surface area contributed by atoms with Crippen molar-refractivity contribution >= 4 is 16.1 Å². The highest BCUT2D eigenvalue weighted by atomic mass is 32.2. The summed E-state index contributed by atoms with van der Waals surface area (Å²) in [5.74, 6) is -0.628. The minimum absolute atomic E-state index is 0.0405. The van der Waals surface area contributed by atoms with Crippen molar-refractivity contribution in [2.24, 2.45) is 0 Å². The summed E-state index contributed by atoms with van der Waals surface area (Å²) in [7, 11) is -4.03. The van der Waals surface area contributed by atoms with Gasteiger partial charge in [0.1, 0.15) is 18.3 Å². The number of carbonyl (C=O) groups excluding carboxylic acids is 1. The average molecular weight is 285 g/mol. The van der Waals surface area contributed by atoms with E-state index in [0.29, 0.717) is 0 Å². The SMILES string of the molecule is C=C(C)C(=O)OC1C2CC3(C#N)C(O2)C1OS3(=O)=O. The standard InChI is InChI=1S/C11H11NO6S/c1-5(2)10(13)17-7-6-3-11(4-12)9(16-6)8(7)18-19(11,14)15/h6-9H,1,3H2,2H3. The molecule has 19 heavy (non-hydrogen) atoms. The number of esters is 1. The Balaban J connectivity index is 1.93. The van der Waals surface area contributed by atoms with Gasteiger partial charge in [-0.1, -0.05) is 6.58 Å². The molecule has 0 aromatic carbocycles. The van der Waals surface area contributed by atoms with Gasteiger partial charge in [0.05, 0.1) is 6.07 Å². The van der Waals surface area contributed by atoms with Crippen molar-refractivity contribution in [2.75, 3.05) is 0 Å². The minimum atomic E-state index is -4.03. The van der Waals surface area contributed by atoms with Crippen LogP contribution < -0.4 is 0 Å².